The molecule has 0 saturated heterocycles. The van der Waals surface area contributed by atoms with Gasteiger partial charge in [0.05, 0.1) is 0 Å². The standard InChI is InChI=1S/C14H12FN3OS/c15-12-5-3-11(4-6-12)13(19)18-14(20)17-9-10-2-1-7-16-8-10/h1-8H,9H2,(H2,17,18,19,20). The number of nitrogens with one attached hydrogen (secondary N) is 2. The Morgan fingerprint density at radius 2 is 2.00 bits per heavy atom. The topological polar surface area (TPSA) is 54.0 Å². The zero-order chi connectivity index (χ0) is 14.4. The van der Waals surface area contributed by atoms with E-state index in [9.17, 15) is 9.18 Å². The highest BCUT2D eigenvalue weighted by Gasteiger charge is 2.07. The van der Waals surface area contributed by atoms with Crippen LogP contribution in [0.25, 0.3) is 0 Å². The van der Waals surface area contributed by atoms with Gasteiger partial charge in [-0.3, -0.25) is 15.1 Å². The Kier molecular flexibility index (Phi) is 4.73. The van der Waals surface area contributed by atoms with Crippen LogP contribution in [0.2, 0.25) is 0 Å². The SMILES string of the molecule is O=C(NC(=S)NCc1cccnc1)c1ccc(F)cc1. The van der Waals surface area contributed by atoms with Crippen molar-refractivity contribution in [1.82, 2.24) is 15.6 Å². The third kappa shape index (κ3) is 4.10. The summed E-state index contributed by atoms with van der Waals surface area (Å²) in [6, 6.07) is 8.95. The summed E-state index contributed by atoms with van der Waals surface area (Å²) in [6.45, 7) is 0.469. The van der Waals surface area contributed by atoms with Crippen molar-refractivity contribution in [3.8, 4) is 0 Å². The summed E-state index contributed by atoms with van der Waals surface area (Å²) in [5.41, 5.74) is 1.29. The number of hydrogen-bond acceptors (Lipinski definition) is 3. The average molecular weight is 289 g/mol. The quantitative estimate of drug-likeness (QED) is 0.849. The minimum absolute atomic E-state index is 0.211. The number of hydrogen-bond donors (Lipinski definition) is 2. The van der Waals surface area contributed by atoms with Crippen LogP contribution < -0.4 is 10.6 Å². The summed E-state index contributed by atoms with van der Waals surface area (Å²) in [5.74, 6) is -0.771. The van der Waals surface area contributed by atoms with E-state index in [-0.39, 0.29) is 16.8 Å². The van der Waals surface area contributed by atoms with E-state index in [2.05, 4.69) is 15.6 Å². The second-order valence-corrected chi connectivity index (χ2v) is 4.41. The number of amides is 1. The van der Waals surface area contributed by atoms with Gasteiger partial charge in [-0.1, -0.05) is 6.07 Å². The van der Waals surface area contributed by atoms with Gasteiger partial charge in [0.1, 0.15) is 5.82 Å². The first kappa shape index (κ1) is 14.1. The molecule has 0 aliphatic rings. The lowest BCUT2D eigenvalue weighted by Gasteiger charge is -2.09. The number of carbonyl (C=O) groups is 1. The third-order valence-corrected chi connectivity index (χ3v) is 2.76. The van der Waals surface area contributed by atoms with Gasteiger partial charge in [-0.15, -0.1) is 0 Å². The van der Waals surface area contributed by atoms with Crippen LogP contribution in [-0.4, -0.2) is 16.0 Å². The fourth-order valence-electron chi connectivity index (χ4n) is 1.51. The lowest BCUT2D eigenvalue weighted by Crippen LogP contribution is -2.38. The van der Waals surface area contributed by atoms with Gasteiger partial charge < -0.3 is 5.32 Å². The molecule has 0 unspecified atom stereocenters. The third-order valence-electron chi connectivity index (χ3n) is 2.51. The summed E-state index contributed by atoms with van der Waals surface area (Å²) in [7, 11) is 0. The van der Waals surface area contributed by atoms with Crippen LogP contribution in [0.4, 0.5) is 4.39 Å². The molecule has 1 aromatic carbocycles. The number of thiocarbonyl (C=S) groups is 1. The van der Waals surface area contributed by atoms with Crippen molar-refractivity contribution in [2.75, 3.05) is 0 Å². The first-order valence-electron chi connectivity index (χ1n) is 5.89. The smallest absolute Gasteiger partial charge is 0.257 e. The molecule has 102 valence electrons. The molecule has 6 heteroatoms. The molecule has 2 aromatic rings. The van der Waals surface area contributed by atoms with Crippen LogP contribution in [0.15, 0.2) is 48.8 Å². The van der Waals surface area contributed by atoms with Gasteiger partial charge in [0.25, 0.3) is 5.91 Å². The van der Waals surface area contributed by atoms with Crippen molar-refractivity contribution < 1.29 is 9.18 Å². The lowest BCUT2D eigenvalue weighted by atomic mass is 10.2. The van der Waals surface area contributed by atoms with Crippen LogP contribution in [0.5, 0.6) is 0 Å². The molecule has 2 rings (SSSR count). The zero-order valence-corrected chi connectivity index (χ0v) is 11.3. The predicted molar refractivity (Wildman–Crippen MR) is 77.5 cm³/mol. The van der Waals surface area contributed by atoms with Gasteiger partial charge in [0.2, 0.25) is 0 Å². The second-order valence-electron chi connectivity index (χ2n) is 4.00. The lowest BCUT2D eigenvalue weighted by molar-refractivity contribution is 0.0976. The average Bonchev–Trinajstić information content (AvgIpc) is 2.47. The monoisotopic (exact) mass is 289 g/mol. The molecule has 0 radical (unpaired) electrons. The van der Waals surface area contributed by atoms with Gasteiger partial charge in [-0.25, -0.2) is 4.39 Å². The fourth-order valence-corrected chi connectivity index (χ4v) is 1.67. The molecule has 0 spiro atoms. The first-order chi connectivity index (χ1) is 9.65. The van der Waals surface area contributed by atoms with E-state index in [1.807, 2.05) is 12.1 Å². The zero-order valence-electron chi connectivity index (χ0n) is 10.5. The van der Waals surface area contributed by atoms with E-state index in [0.29, 0.717) is 12.1 Å². The molecule has 0 fully saturated rings. The highest BCUT2D eigenvalue weighted by Crippen LogP contribution is 2.02. The van der Waals surface area contributed by atoms with E-state index < -0.39 is 0 Å². The molecular weight excluding hydrogens is 277 g/mol. The molecule has 1 aromatic heterocycles. The van der Waals surface area contributed by atoms with Gasteiger partial charge in [0, 0.05) is 24.5 Å². The summed E-state index contributed by atoms with van der Waals surface area (Å²) >= 11 is 5.02. The Morgan fingerprint density at radius 3 is 2.65 bits per heavy atom. The molecule has 0 atom stereocenters. The largest absolute Gasteiger partial charge is 0.358 e. The van der Waals surface area contributed by atoms with Crippen LogP contribution in [0.3, 0.4) is 0 Å². The minimum atomic E-state index is -0.390. The Labute approximate surface area is 121 Å². The van der Waals surface area contributed by atoms with Crippen molar-refractivity contribution in [2.24, 2.45) is 0 Å². The number of aromatic nitrogens is 1. The molecule has 1 amide bonds. The molecular formula is C14H12FN3OS. The number of carbonyl (C=O) groups excluding carboxylic acids is 1. The van der Waals surface area contributed by atoms with E-state index in [4.69, 9.17) is 12.2 Å². The minimum Gasteiger partial charge on any atom is -0.358 e. The number of halogens is 1. The molecule has 2 N–H and O–H groups in total. The second kappa shape index (κ2) is 6.72. The van der Waals surface area contributed by atoms with E-state index in [0.717, 1.165) is 5.56 Å². The van der Waals surface area contributed by atoms with Gasteiger partial charge in [0.15, 0.2) is 5.11 Å². The molecule has 1 heterocycles. The molecule has 0 aliphatic heterocycles. The van der Waals surface area contributed by atoms with Crippen LogP contribution in [-0.2, 0) is 6.54 Å². The van der Waals surface area contributed by atoms with Crippen LogP contribution >= 0.6 is 12.2 Å². The van der Waals surface area contributed by atoms with Crippen LogP contribution in [0, 0.1) is 5.82 Å². The maximum Gasteiger partial charge on any atom is 0.257 e. The first-order valence-corrected chi connectivity index (χ1v) is 6.29. The maximum atomic E-state index is 12.7. The Hall–Kier alpha value is -2.34. The van der Waals surface area contributed by atoms with E-state index >= 15 is 0 Å². The van der Waals surface area contributed by atoms with Gasteiger partial charge >= 0.3 is 0 Å². The normalized spacial score (nSPS) is 9.85. The number of pyridine rings is 1. The Balaban J connectivity index is 1.85. The summed E-state index contributed by atoms with van der Waals surface area (Å²) in [4.78, 5) is 15.8. The fraction of sp³-hybridized carbons (Fsp3) is 0.0714. The summed E-state index contributed by atoms with van der Waals surface area (Å²) < 4.78 is 12.7. The predicted octanol–water partition coefficient (Wildman–Crippen LogP) is 2.03. The van der Waals surface area contributed by atoms with E-state index in [1.54, 1.807) is 12.4 Å². The van der Waals surface area contributed by atoms with E-state index in [1.165, 1.54) is 24.3 Å². The molecule has 4 nitrogen and oxygen atoms in total. The highest BCUT2D eigenvalue weighted by atomic mass is 32.1. The summed E-state index contributed by atoms with van der Waals surface area (Å²) in [5, 5.41) is 5.63. The Morgan fingerprint density at radius 1 is 1.25 bits per heavy atom. The number of benzene rings is 1. The molecule has 0 bridgehead atoms. The van der Waals surface area contributed by atoms with Crippen molar-refractivity contribution in [3.63, 3.8) is 0 Å². The molecule has 0 aliphatic carbocycles. The van der Waals surface area contributed by atoms with Crippen molar-refractivity contribution in [3.05, 3.63) is 65.7 Å². The van der Waals surface area contributed by atoms with Gasteiger partial charge in [-0.2, -0.15) is 0 Å². The van der Waals surface area contributed by atoms with Gasteiger partial charge in [-0.05, 0) is 48.1 Å². The van der Waals surface area contributed by atoms with Crippen molar-refractivity contribution >= 4 is 23.2 Å². The Bertz CT molecular complexity index is 602. The highest BCUT2D eigenvalue weighted by molar-refractivity contribution is 7.80. The number of rotatable bonds is 3. The van der Waals surface area contributed by atoms with Crippen LogP contribution in [0.1, 0.15) is 15.9 Å². The summed E-state index contributed by atoms with van der Waals surface area (Å²) in [6.07, 6.45) is 3.38. The number of nitrogens with zero attached hydrogens (tertiary/aromatic N) is 1. The molecule has 0 saturated carbocycles. The van der Waals surface area contributed by atoms with Crippen molar-refractivity contribution in [1.29, 1.82) is 0 Å². The maximum absolute atomic E-state index is 12.7. The van der Waals surface area contributed by atoms with Crippen molar-refractivity contribution in [2.45, 2.75) is 6.54 Å². The molecule has 20 heavy (non-hydrogen) atoms.